The van der Waals surface area contributed by atoms with Crippen molar-refractivity contribution in [1.29, 1.82) is 0 Å². The molecule has 1 aliphatic heterocycles. The third-order valence-corrected chi connectivity index (χ3v) is 4.79. The van der Waals surface area contributed by atoms with Crippen LogP contribution in [0, 0.1) is 5.92 Å². The first kappa shape index (κ1) is 14.8. The first-order valence-corrected chi connectivity index (χ1v) is 7.99. The second-order valence-electron chi connectivity index (χ2n) is 5.33. The molecule has 0 bridgehead atoms. The predicted octanol–water partition coefficient (Wildman–Crippen LogP) is 2.27. The maximum atomic E-state index is 12.3. The molecule has 22 heavy (non-hydrogen) atoms. The minimum atomic E-state index is -0.767. The van der Waals surface area contributed by atoms with E-state index < -0.39 is 5.97 Å². The van der Waals surface area contributed by atoms with Crippen molar-refractivity contribution in [3.63, 3.8) is 0 Å². The second kappa shape index (κ2) is 6.31. The first-order valence-electron chi connectivity index (χ1n) is 7.11. The molecule has 1 fully saturated rings. The molecular weight excluding hydrogens is 304 g/mol. The van der Waals surface area contributed by atoms with Gasteiger partial charge >= 0.3 is 5.97 Å². The normalized spacial score (nSPS) is 15.9. The lowest BCUT2D eigenvalue weighted by atomic mass is 9.97. The van der Waals surface area contributed by atoms with Crippen molar-refractivity contribution in [1.82, 2.24) is 9.88 Å². The lowest BCUT2D eigenvalue weighted by Crippen LogP contribution is -2.41. The van der Waals surface area contributed by atoms with Crippen LogP contribution in [0.1, 0.15) is 18.5 Å². The molecular formula is C15H16N2O4S. The Morgan fingerprint density at radius 1 is 1.41 bits per heavy atom. The van der Waals surface area contributed by atoms with Crippen molar-refractivity contribution < 1.29 is 19.1 Å². The van der Waals surface area contributed by atoms with Gasteiger partial charge < -0.3 is 14.4 Å². The van der Waals surface area contributed by atoms with Gasteiger partial charge in [0.2, 0.25) is 5.91 Å². The number of carbonyl (C=O) groups is 2. The van der Waals surface area contributed by atoms with Gasteiger partial charge in [-0.1, -0.05) is 0 Å². The van der Waals surface area contributed by atoms with E-state index in [4.69, 9.17) is 9.52 Å². The quantitative estimate of drug-likeness (QED) is 0.934. The molecule has 3 heterocycles. The molecule has 6 nitrogen and oxygen atoms in total. The van der Waals surface area contributed by atoms with E-state index in [9.17, 15) is 9.59 Å². The summed E-state index contributed by atoms with van der Waals surface area (Å²) in [7, 11) is 0. The molecule has 0 aliphatic carbocycles. The van der Waals surface area contributed by atoms with Gasteiger partial charge in [0.15, 0.2) is 0 Å². The summed E-state index contributed by atoms with van der Waals surface area (Å²) in [5.74, 6) is -1.08. The topological polar surface area (TPSA) is 83.6 Å². The Morgan fingerprint density at radius 2 is 2.18 bits per heavy atom. The number of nitrogens with zero attached hydrogens (tertiary/aromatic N) is 2. The molecule has 2 aromatic rings. The Morgan fingerprint density at radius 3 is 2.82 bits per heavy atom. The molecule has 7 heteroatoms. The molecule has 1 amide bonds. The van der Waals surface area contributed by atoms with E-state index in [2.05, 4.69) is 4.98 Å². The van der Waals surface area contributed by atoms with E-state index in [1.807, 2.05) is 11.4 Å². The van der Waals surface area contributed by atoms with Gasteiger partial charge in [-0.3, -0.25) is 9.59 Å². The molecule has 0 unspecified atom stereocenters. The summed E-state index contributed by atoms with van der Waals surface area (Å²) < 4.78 is 5.03. The molecule has 0 atom stereocenters. The average molecular weight is 320 g/mol. The smallest absolute Gasteiger partial charge is 0.306 e. The van der Waals surface area contributed by atoms with Crippen LogP contribution in [0.15, 0.2) is 28.4 Å². The Bertz CT molecular complexity index is 657. The molecule has 116 valence electrons. The maximum Gasteiger partial charge on any atom is 0.306 e. The molecule has 3 rings (SSSR count). The van der Waals surface area contributed by atoms with Crippen LogP contribution in [0.5, 0.6) is 0 Å². The van der Waals surface area contributed by atoms with Crippen LogP contribution >= 0.6 is 11.3 Å². The number of hydrogen-bond acceptors (Lipinski definition) is 5. The lowest BCUT2D eigenvalue weighted by Gasteiger charge is -2.30. The van der Waals surface area contributed by atoms with E-state index in [1.54, 1.807) is 17.4 Å². The Labute approximate surface area is 131 Å². The number of carboxylic acids is 1. The summed E-state index contributed by atoms with van der Waals surface area (Å²) in [6.07, 6.45) is 4.53. The van der Waals surface area contributed by atoms with Gasteiger partial charge in [-0.15, -0.1) is 11.3 Å². The molecule has 0 saturated carbocycles. The van der Waals surface area contributed by atoms with Gasteiger partial charge in [-0.2, -0.15) is 0 Å². The zero-order valence-electron chi connectivity index (χ0n) is 11.9. The van der Waals surface area contributed by atoms with Crippen molar-refractivity contribution in [2.24, 2.45) is 5.92 Å². The predicted molar refractivity (Wildman–Crippen MR) is 80.5 cm³/mol. The number of thiazole rings is 1. The maximum absolute atomic E-state index is 12.3. The number of aliphatic carboxylic acids is 1. The highest BCUT2D eigenvalue weighted by Gasteiger charge is 2.27. The number of amides is 1. The monoisotopic (exact) mass is 320 g/mol. The summed E-state index contributed by atoms with van der Waals surface area (Å²) in [5, 5.41) is 11.7. The van der Waals surface area contributed by atoms with E-state index in [0.717, 1.165) is 16.3 Å². The standard InChI is InChI=1S/C15H16N2O4S/c18-13(17-4-1-10(2-5-17)15(19)20)7-12-9-22-14(16-12)11-3-6-21-8-11/h3,6,8-10H,1-2,4-5,7H2,(H,19,20). The zero-order valence-corrected chi connectivity index (χ0v) is 12.7. The summed E-state index contributed by atoms with van der Waals surface area (Å²) in [4.78, 5) is 29.4. The third-order valence-electron chi connectivity index (χ3n) is 3.85. The van der Waals surface area contributed by atoms with Gasteiger partial charge in [0.25, 0.3) is 0 Å². The average Bonchev–Trinajstić information content (AvgIpc) is 3.18. The Balaban J connectivity index is 1.57. The van der Waals surface area contributed by atoms with Crippen LogP contribution in [0.3, 0.4) is 0 Å². The number of likely N-dealkylation sites (tertiary alicyclic amines) is 1. The van der Waals surface area contributed by atoms with Gasteiger partial charge in [-0.05, 0) is 18.9 Å². The summed E-state index contributed by atoms with van der Waals surface area (Å²) in [6.45, 7) is 1.02. The Hall–Kier alpha value is -2.15. The summed E-state index contributed by atoms with van der Waals surface area (Å²) in [5.41, 5.74) is 1.65. The van der Waals surface area contributed by atoms with Gasteiger partial charge in [0.1, 0.15) is 11.3 Å². The largest absolute Gasteiger partial charge is 0.481 e. The molecule has 0 radical (unpaired) electrons. The molecule has 1 aliphatic rings. The third kappa shape index (κ3) is 3.19. The minimum absolute atomic E-state index is 0.00730. The van der Waals surface area contributed by atoms with E-state index in [0.29, 0.717) is 25.9 Å². The number of rotatable bonds is 4. The number of aromatic nitrogens is 1. The van der Waals surface area contributed by atoms with Crippen LogP contribution in [-0.2, 0) is 16.0 Å². The number of carboxylic acid groups (broad SMARTS) is 1. The molecule has 1 N–H and O–H groups in total. The fourth-order valence-electron chi connectivity index (χ4n) is 2.55. The van der Waals surface area contributed by atoms with E-state index in [-0.39, 0.29) is 18.2 Å². The van der Waals surface area contributed by atoms with Crippen LogP contribution in [0.2, 0.25) is 0 Å². The number of carbonyl (C=O) groups excluding carboxylic acids is 1. The Kier molecular flexibility index (Phi) is 4.24. The highest BCUT2D eigenvalue weighted by Crippen LogP contribution is 2.25. The summed E-state index contributed by atoms with van der Waals surface area (Å²) in [6, 6.07) is 1.83. The number of piperidine rings is 1. The number of hydrogen-bond donors (Lipinski definition) is 1. The van der Waals surface area contributed by atoms with Crippen LogP contribution in [0.25, 0.3) is 10.6 Å². The SMILES string of the molecule is O=C(O)C1CCN(C(=O)Cc2csc(-c3ccoc3)n2)CC1. The zero-order chi connectivity index (χ0) is 15.5. The fourth-order valence-corrected chi connectivity index (χ4v) is 3.36. The van der Waals surface area contributed by atoms with E-state index in [1.165, 1.54) is 11.3 Å². The van der Waals surface area contributed by atoms with Crippen molar-refractivity contribution in [2.75, 3.05) is 13.1 Å². The second-order valence-corrected chi connectivity index (χ2v) is 6.18. The highest BCUT2D eigenvalue weighted by atomic mass is 32.1. The van der Waals surface area contributed by atoms with Gasteiger partial charge in [0, 0.05) is 24.0 Å². The van der Waals surface area contributed by atoms with Gasteiger partial charge in [0.05, 0.1) is 24.3 Å². The lowest BCUT2D eigenvalue weighted by molar-refractivity contribution is -0.145. The first-order chi connectivity index (χ1) is 10.6. The van der Waals surface area contributed by atoms with Crippen molar-refractivity contribution in [3.8, 4) is 10.6 Å². The molecule has 0 aromatic carbocycles. The van der Waals surface area contributed by atoms with Gasteiger partial charge in [-0.25, -0.2) is 4.98 Å². The molecule has 1 saturated heterocycles. The van der Waals surface area contributed by atoms with Crippen LogP contribution < -0.4 is 0 Å². The van der Waals surface area contributed by atoms with Crippen molar-refractivity contribution >= 4 is 23.2 Å². The number of furan rings is 1. The highest BCUT2D eigenvalue weighted by molar-refractivity contribution is 7.13. The fraction of sp³-hybridized carbons (Fsp3) is 0.400. The van der Waals surface area contributed by atoms with E-state index >= 15 is 0 Å². The van der Waals surface area contributed by atoms with Crippen molar-refractivity contribution in [2.45, 2.75) is 19.3 Å². The molecule has 2 aromatic heterocycles. The van der Waals surface area contributed by atoms with Crippen molar-refractivity contribution in [3.05, 3.63) is 29.7 Å². The van der Waals surface area contributed by atoms with Crippen LogP contribution in [-0.4, -0.2) is 40.0 Å². The van der Waals surface area contributed by atoms with Crippen LogP contribution in [0.4, 0.5) is 0 Å². The summed E-state index contributed by atoms with van der Waals surface area (Å²) >= 11 is 1.48. The molecule has 0 spiro atoms. The minimum Gasteiger partial charge on any atom is -0.481 e.